The molecule has 6 heteroatoms. The van der Waals surface area contributed by atoms with Crippen LogP contribution in [0.5, 0.6) is 5.75 Å². The second-order valence-electron chi connectivity index (χ2n) is 4.55. The fraction of sp³-hybridized carbons (Fsp3) is 0.462. The van der Waals surface area contributed by atoms with E-state index in [-0.39, 0.29) is 24.4 Å². The highest BCUT2D eigenvalue weighted by Crippen LogP contribution is 2.19. The Morgan fingerprint density at radius 3 is 2.89 bits per heavy atom. The number of carbonyl (C=O) groups is 1. The first-order valence-corrected chi connectivity index (χ1v) is 6.40. The second-order valence-corrected chi connectivity index (χ2v) is 4.99. The van der Waals surface area contributed by atoms with E-state index in [1.165, 1.54) is 0 Å². The van der Waals surface area contributed by atoms with Gasteiger partial charge in [-0.15, -0.1) is 12.4 Å². The van der Waals surface area contributed by atoms with Crippen molar-refractivity contribution in [2.24, 2.45) is 5.73 Å². The van der Waals surface area contributed by atoms with Crippen molar-refractivity contribution in [3.05, 3.63) is 29.3 Å². The maximum atomic E-state index is 12.1. The molecule has 1 aliphatic rings. The molecule has 0 saturated carbocycles. The number of likely N-dealkylation sites (tertiary alicyclic amines) is 1. The first-order valence-electron chi connectivity index (χ1n) is 6.03. The third-order valence-corrected chi connectivity index (χ3v) is 3.23. The summed E-state index contributed by atoms with van der Waals surface area (Å²) in [4.78, 5) is 13.8. The number of halogens is 2. The molecule has 1 aromatic rings. The molecular weight excluding hydrogens is 287 g/mol. The fourth-order valence-electron chi connectivity index (χ4n) is 2.04. The molecule has 0 aromatic heterocycles. The molecule has 1 saturated heterocycles. The summed E-state index contributed by atoms with van der Waals surface area (Å²) in [5.74, 6) is 0.578. The smallest absolute Gasteiger partial charge is 0.263 e. The number of nitrogens with two attached hydrogens (primary N) is 1. The Morgan fingerprint density at radius 2 is 2.32 bits per heavy atom. The van der Waals surface area contributed by atoms with Gasteiger partial charge in [0.1, 0.15) is 5.75 Å². The number of ether oxygens (including phenoxy) is 1. The van der Waals surface area contributed by atoms with Gasteiger partial charge in [-0.25, -0.2) is 0 Å². The largest absolute Gasteiger partial charge is 0.481 e. The molecule has 2 unspecified atom stereocenters. The van der Waals surface area contributed by atoms with Gasteiger partial charge in [0.15, 0.2) is 6.10 Å². The van der Waals surface area contributed by atoms with Gasteiger partial charge in [0.2, 0.25) is 0 Å². The SMILES string of the molecule is CC(Oc1cccc(Cl)c1)C(=O)N1CCC(N)C1.Cl. The lowest BCUT2D eigenvalue weighted by Crippen LogP contribution is -2.40. The summed E-state index contributed by atoms with van der Waals surface area (Å²) in [5.41, 5.74) is 5.78. The zero-order valence-electron chi connectivity index (χ0n) is 10.7. The third-order valence-electron chi connectivity index (χ3n) is 2.99. The zero-order chi connectivity index (χ0) is 13.1. The van der Waals surface area contributed by atoms with Crippen LogP contribution >= 0.6 is 24.0 Å². The Bertz CT molecular complexity index is 442. The van der Waals surface area contributed by atoms with Crippen molar-refractivity contribution in [2.45, 2.75) is 25.5 Å². The minimum absolute atomic E-state index is 0. The predicted molar refractivity (Wildman–Crippen MR) is 78.0 cm³/mol. The van der Waals surface area contributed by atoms with Crippen LogP contribution in [0, 0.1) is 0 Å². The molecule has 4 nitrogen and oxygen atoms in total. The zero-order valence-corrected chi connectivity index (χ0v) is 12.3. The van der Waals surface area contributed by atoms with Gasteiger partial charge in [-0.05, 0) is 31.5 Å². The van der Waals surface area contributed by atoms with Crippen LogP contribution in [0.25, 0.3) is 0 Å². The highest BCUT2D eigenvalue weighted by atomic mass is 35.5. The summed E-state index contributed by atoms with van der Waals surface area (Å²) >= 11 is 5.86. The molecular formula is C13H18Cl2N2O2. The van der Waals surface area contributed by atoms with Crippen LogP contribution < -0.4 is 10.5 Å². The van der Waals surface area contributed by atoms with Gasteiger partial charge in [-0.2, -0.15) is 0 Å². The van der Waals surface area contributed by atoms with E-state index in [0.717, 1.165) is 6.42 Å². The van der Waals surface area contributed by atoms with Gasteiger partial charge in [0, 0.05) is 24.2 Å². The molecule has 106 valence electrons. The van der Waals surface area contributed by atoms with Crippen LogP contribution in [-0.2, 0) is 4.79 Å². The number of hydrogen-bond acceptors (Lipinski definition) is 3. The van der Waals surface area contributed by atoms with E-state index in [2.05, 4.69) is 0 Å². The van der Waals surface area contributed by atoms with Crippen LogP contribution in [0.15, 0.2) is 24.3 Å². The number of benzene rings is 1. The molecule has 1 aromatic carbocycles. The maximum Gasteiger partial charge on any atom is 0.263 e. The van der Waals surface area contributed by atoms with Gasteiger partial charge in [-0.1, -0.05) is 17.7 Å². The van der Waals surface area contributed by atoms with E-state index in [0.29, 0.717) is 23.9 Å². The quantitative estimate of drug-likeness (QED) is 0.930. The van der Waals surface area contributed by atoms with E-state index >= 15 is 0 Å². The molecule has 19 heavy (non-hydrogen) atoms. The van der Waals surface area contributed by atoms with E-state index in [9.17, 15) is 4.79 Å². The van der Waals surface area contributed by atoms with Crippen molar-refractivity contribution in [3.63, 3.8) is 0 Å². The van der Waals surface area contributed by atoms with Crippen molar-refractivity contribution in [1.29, 1.82) is 0 Å². The average Bonchev–Trinajstić information content (AvgIpc) is 2.75. The molecule has 0 bridgehead atoms. The second kappa shape index (κ2) is 6.98. The number of rotatable bonds is 3. The van der Waals surface area contributed by atoms with Gasteiger partial charge < -0.3 is 15.4 Å². The van der Waals surface area contributed by atoms with Crippen molar-refractivity contribution >= 4 is 29.9 Å². The average molecular weight is 305 g/mol. The minimum atomic E-state index is -0.520. The lowest BCUT2D eigenvalue weighted by Gasteiger charge is -2.21. The molecule has 0 spiro atoms. The van der Waals surface area contributed by atoms with Gasteiger partial charge in [0.25, 0.3) is 5.91 Å². The Labute approximate surface area is 124 Å². The summed E-state index contributed by atoms with van der Waals surface area (Å²) in [5, 5.41) is 0.593. The van der Waals surface area contributed by atoms with E-state index in [1.807, 2.05) is 0 Å². The summed E-state index contributed by atoms with van der Waals surface area (Å²) in [6.45, 7) is 3.07. The molecule has 2 atom stereocenters. The molecule has 0 radical (unpaired) electrons. The summed E-state index contributed by atoms with van der Waals surface area (Å²) in [7, 11) is 0. The Kier molecular flexibility index (Phi) is 5.91. The van der Waals surface area contributed by atoms with Crippen LogP contribution in [-0.4, -0.2) is 36.0 Å². The van der Waals surface area contributed by atoms with E-state index < -0.39 is 6.10 Å². The molecule has 1 aliphatic heterocycles. The summed E-state index contributed by atoms with van der Waals surface area (Å²) in [6, 6.07) is 7.13. The molecule has 1 heterocycles. The van der Waals surface area contributed by atoms with E-state index in [1.54, 1.807) is 36.1 Å². The predicted octanol–water partition coefficient (Wildman–Crippen LogP) is 2.09. The van der Waals surface area contributed by atoms with E-state index in [4.69, 9.17) is 22.1 Å². The van der Waals surface area contributed by atoms with Crippen molar-refractivity contribution in [2.75, 3.05) is 13.1 Å². The monoisotopic (exact) mass is 304 g/mol. The number of carbonyl (C=O) groups excluding carboxylic acids is 1. The Morgan fingerprint density at radius 1 is 1.58 bits per heavy atom. The number of hydrogen-bond donors (Lipinski definition) is 1. The van der Waals surface area contributed by atoms with Crippen LogP contribution in [0.2, 0.25) is 5.02 Å². The number of nitrogens with zero attached hydrogens (tertiary/aromatic N) is 1. The summed E-state index contributed by atoms with van der Waals surface area (Å²) < 4.78 is 5.59. The van der Waals surface area contributed by atoms with Crippen molar-refractivity contribution < 1.29 is 9.53 Å². The standard InChI is InChI=1S/C13H17ClN2O2.ClH/c1-9(13(17)16-6-5-11(15)8-16)18-12-4-2-3-10(14)7-12;/h2-4,7,9,11H,5-6,8,15H2,1H3;1H. The topological polar surface area (TPSA) is 55.6 Å². The number of amides is 1. The minimum Gasteiger partial charge on any atom is -0.481 e. The Hall–Kier alpha value is -0.970. The molecule has 0 aliphatic carbocycles. The van der Waals surface area contributed by atoms with Crippen LogP contribution in [0.1, 0.15) is 13.3 Å². The summed E-state index contributed by atoms with van der Waals surface area (Å²) in [6.07, 6.45) is 0.337. The first kappa shape index (κ1) is 16.1. The first-order chi connectivity index (χ1) is 8.56. The fourth-order valence-corrected chi connectivity index (χ4v) is 2.22. The Balaban J connectivity index is 0.00000180. The van der Waals surface area contributed by atoms with Crippen molar-refractivity contribution in [3.8, 4) is 5.75 Å². The van der Waals surface area contributed by atoms with Crippen LogP contribution in [0.3, 0.4) is 0 Å². The molecule has 2 rings (SSSR count). The van der Waals surface area contributed by atoms with Gasteiger partial charge in [-0.3, -0.25) is 4.79 Å². The molecule has 2 N–H and O–H groups in total. The van der Waals surface area contributed by atoms with Gasteiger partial charge >= 0.3 is 0 Å². The maximum absolute atomic E-state index is 12.1. The third kappa shape index (κ3) is 4.27. The lowest BCUT2D eigenvalue weighted by atomic mass is 10.3. The molecule has 1 fully saturated rings. The van der Waals surface area contributed by atoms with Crippen LogP contribution in [0.4, 0.5) is 0 Å². The normalized spacial score (nSPS) is 19.7. The highest BCUT2D eigenvalue weighted by molar-refractivity contribution is 6.30. The van der Waals surface area contributed by atoms with Crippen molar-refractivity contribution in [1.82, 2.24) is 4.90 Å². The van der Waals surface area contributed by atoms with Gasteiger partial charge in [0.05, 0.1) is 0 Å². The molecule has 1 amide bonds. The lowest BCUT2D eigenvalue weighted by molar-refractivity contribution is -0.136. The highest BCUT2D eigenvalue weighted by Gasteiger charge is 2.28.